The highest BCUT2D eigenvalue weighted by molar-refractivity contribution is 6.30. The van der Waals surface area contributed by atoms with Crippen LogP contribution in [0.3, 0.4) is 0 Å². The van der Waals surface area contributed by atoms with Gasteiger partial charge in [0.2, 0.25) is 5.95 Å². The van der Waals surface area contributed by atoms with Gasteiger partial charge in [-0.05, 0) is 37.3 Å². The Balaban J connectivity index is 1.43. The van der Waals surface area contributed by atoms with E-state index in [2.05, 4.69) is 43.3 Å². The van der Waals surface area contributed by atoms with Gasteiger partial charge in [-0.25, -0.2) is 9.97 Å². The van der Waals surface area contributed by atoms with Crippen molar-refractivity contribution in [2.24, 2.45) is 0 Å². The number of aliphatic hydroxyl groups is 1. The van der Waals surface area contributed by atoms with E-state index in [1.165, 1.54) is 0 Å². The number of ether oxygens (including phenoxy) is 2. The second-order valence-electron chi connectivity index (χ2n) is 9.06. The molecule has 0 saturated carbocycles. The topological polar surface area (TPSA) is 99.1 Å². The van der Waals surface area contributed by atoms with Crippen LogP contribution >= 0.6 is 11.6 Å². The summed E-state index contributed by atoms with van der Waals surface area (Å²) in [4.78, 5) is 20.2. The first-order chi connectivity index (χ1) is 18.0. The molecule has 3 aromatic rings. The van der Waals surface area contributed by atoms with Crippen molar-refractivity contribution in [1.82, 2.24) is 15.0 Å². The molecule has 2 aliphatic rings. The molecule has 10 nitrogen and oxygen atoms in total. The fraction of sp³-hybridized carbons (Fsp3) is 0.423. The van der Waals surface area contributed by atoms with Crippen LogP contribution in [0.25, 0.3) is 0 Å². The third-order valence-corrected chi connectivity index (χ3v) is 6.97. The monoisotopic (exact) mass is 525 g/mol. The van der Waals surface area contributed by atoms with E-state index in [0.29, 0.717) is 22.5 Å². The maximum atomic E-state index is 9.63. The van der Waals surface area contributed by atoms with Gasteiger partial charge in [0.25, 0.3) is 0 Å². The summed E-state index contributed by atoms with van der Waals surface area (Å²) in [5.74, 6) is 1.17. The Labute approximate surface area is 221 Å². The van der Waals surface area contributed by atoms with Crippen LogP contribution < -0.4 is 20.0 Å². The molecule has 5 rings (SSSR count). The molecule has 2 aliphatic heterocycles. The lowest BCUT2D eigenvalue weighted by molar-refractivity contribution is 0.122. The molecular formula is C26H32ClN7O3. The zero-order valence-corrected chi connectivity index (χ0v) is 21.9. The molecule has 0 spiro atoms. The highest BCUT2D eigenvalue weighted by Crippen LogP contribution is 2.32. The van der Waals surface area contributed by atoms with Gasteiger partial charge in [-0.2, -0.15) is 4.98 Å². The molecule has 0 aliphatic carbocycles. The van der Waals surface area contributed by atoms with Crippen LogP contribution in [0.1, 0.15) is 11.3 Å². The molecule has 0 radical (unpaired) electrons. The fourth-order valence-electron chi connectivity index (χ4n) is 4.58. The van der Waals surface area contributed by atoms with Crippen LogP contribution in [0.15, 0.2) is 36.5 Å². The summed E-state index contributed by atoms with van der Waals surface area (Å²) >= 11 is 6.16. The van der Waals surface area contributed by atoms with E-state index in [9.17, 15) is 5.11 Å². The Morgan fingerprint density at radius 3 is 2.19 bits per heavy atom. The lowest BCUT2D eigenvalue weighted by Crippen LogP contribution is -2.38. The highest BCUT2D eigenvalue weighted by Gasteiger charge is 2.18. The van der Waals surface area contributed by atoms with Gasteiger partial charge in [-0.3, -0.25) is 0 Å². The predicted molar refractivity (Wildman–Crippen MR) is 146 cm³/mol. The summed E-state index contributed by atoms with van der Waals surface area (Å²) < 4.78 is 11.1. The normalized spacial score (nSPS) is 16.1. The Kier molecular flexibility index (Phi) is 7.90. The molecule has 0 atom stereocenters. The lowest BCUT2D eigenvalue weighted by Gasteiger charge is -2.33. The van der Waals surface area contributed by atoms with E-state index >= 15 is 0 Å². The average Bonchev–Trinajstić information content (AvgIpc) is 2.94. The first-order valence-electron chi connectivity index (χ1n) is 12.4. The van der Waals surface area contributed by atoms with E-state index in [0.717, 1.165) is 81.1 Å². The van der Waals surface area contributed by atoms with Gasteiger partial charge in [0.15, 0.2) is 0 Å². The number of hydrogen-bond acceptors (Lipinski definition) is 10. The number of rotatable bonds is 7. The number of halogens is 1. The van der Waals surface area contributed by atoms with Crippen molar-refractivity contribution in [2.45, 2.75) is 13.5 Å². The number of anilines is 6. The summed E-state index contributed by atoms with van der Waals surface area (Å²) in [6.45, 7) is 7.99. The minimum atomic E-state index is -0.186. The first kappa shape index (κ1) is 25.5. The number of nitrogens with one attached hydrogen (secondary N) is 1. The molecule has 37 heavy (non-hydrogen) atoms. The number of pyridine rings is 1. The summed E-state index contributed by atoms with van der Waals surface area (Å²) in [6, 6.07) is 10.2. The third kappa shape index (κ3) is 5.88. The predicted octanol–water partition coefficient (Wildman–Crippen LogP) is 3.51. The minimum Gasteiger partial charge on any atom is -0.392 e. The van der Waals surface area contributed by atoms with Gasteiger partial charge in [-0.1, -0.05) is 11.6 Å². The quantitative estimate of drug-likeness (QED) is 0.446. The largest absolute Gasteiger partial charge is 0.392 e. The van der Waals surface area contributed by atoms with Crippen LogP contribution in [0.5, 0.6) is 0 Å². The van der Waals surface area contributed by atoms with Crippen LogP contribution in [0.4, 0.5) is 34.5 Å². The highest BCUT2D eigenvalue weighted by atomic mass is 35.5. The van der Waals surface area contributed by atoms with Gasteiger partial charge in [-0.15, -0.1) is 0 Å². The number of aryl methyl sites for hydroxylation is 1. The number of aromatic nitrogens is 3. The number of aliphatic hydroxyl groups excluding tert-OH is 1. The van der Waals surface area contributed by atoms with Crippen molar-refractivity contribution in [2.75, 3.05) is 79.7 Å². The number of hydrogen-bond donors (Lipinski definition) is 2. The van der Waals surface area contributed by atoms with Crippen LogP contribution in [-0.2, 0) is 16.1 Å². The van der Waals surface area contributed by atoms with E-state index in [4.69, 9.17) is 26.1 Å². The zero-order chi connectivity index (χ0) is 25.8. The van der Waals surface area contributed by atoms with Crippen molar-refractivity contribution in [3.63, 3.8) is 0 Å². The maximum absolute atomic E-state index is 9.63. The fourth-order valence-corrected chi connectivity index (χ4v) is 4.82. The van der Waals surface area contributed by atoms with Gasteiger partial charge >= 0.3 is 0 Å². The van der Waals surface area contributed by atoms with E-state index < -0.39 is 0 Å². The molecule has 2 saturated heterocycles. The molecule has 11 heteroatoms. The molecule has 0 unspecified atom stereocenters. The van der Waals surface area contributed by atoms with Crippen LogP contribution in [0, 0.1) is 6.92 Å². The van der Waals surface area contributed by atoms with Gasteiger partial charge in [0.05, 0.1) is 44.4 Å². The van der Waals surface area contributed by atoms with Crippen LogP contribution in [-0.4, -0.2) is 79.7 Å². The SMILES string of the molecule is Cc1nc(Cl)c(CO)cc1N(C)c1ccnc(Nc2cc(N3CCOCC3)cc(N3CCOCC3)c2)n1. The summed E-state index contributed by atoms with van der Waals surface area (Å²) in [6.07, 6.45) is 1.72. The maximum Gasteiger partial charge on any atom is 0.229 e. The molecule has 0 bridgehead atoms. The molecule has 1 aromatic carbocycles. The van der Waals surface area contributed by atoms with Crippen molar-refractivity contribution in [3.8, 4) is 0 Å². The number of morpholine rings is 2. The van der Waals surface area contributed by atoms with E-state index in [-0.39, 0.29) is 6.61 Å². The van der Waals surface area contributed by atoms with Crippen molar-refractivity contribution >= 4 is 46.1 Å². The smallest absolute Gasteiger partial charge is 0.229 e. The van der Waals surface area contributed by atoms with E-state index in [1.807, 2.05) is 31.0 Å². The summed E-state index contributed by atoms with van der Waals surface area (Å²) in [5.41, 5.74) is 5.31. The third-order valence-electron chi connectivity index (χ3n) is 6.64. The molecule has 2 fully saturated rings. The Bertz CT molecular complexity index is 1200. The minimum absolute atomic E-state index is 0.186. The van der Waals surface area contributed by atoms with Gasteiger partial charge < -0.3 is 34.6 Å². The summed E-state index contributed by atoms with van der Waals surface area (Å²) in [5, 5.41) is 13.3. The standard InChI is InChI=1S/C26H32ClN7O3/c1-18-23(13-19(17-35)25(27)29-18)32(2)24-3-4-28-26(31-24)30-20-14-21(33-5-9-36-10-6-33)16-22(15-20)34-7-11-37-12-8-34/h3-4,13-16,35H,5-12,17H2,1-2H3,(H,28,30,31). The average molecular weight is 526 g/mol. The lowest BCUT2D eigenvalue weighted by atomic mass is 10.2. The van der Waals surface area contributed by atoms with Gasteiger partial charge in [0.1, 0.15) is 11.0 Å². The zero-order valence-electron chi connectivity index (χ0n) is 21.2. The van der Waals surface area contributed by atoms with Crippen molar-refractivity contribution in [1.29, 1.82) is 0 Å². The molecule has 0 amide bonds. The molecule has 2 aromatic heterocycles. The molecule has 196 valence electrons. The van der Waals surface area contributed by atoms with Crippen LogP contribution in [0.2, 0.25) is 5.15 Å². The molecular weight excluding hydrogens is 494 g/mol. The molecule has 2 N–H and O–H groups in total. The van der Waals surface area contributed by atoms with Crippen molar-refractivity contribution in [3.05, 3.63) is 52.9 Å². The Morgan fingerprint density at radius 2 is 1.59 bits per heavy atom. The second kappa shape index (κ2) is 11.5. The van der Waals surface area contributed by atoms with Crippen molar-refractivity contribution < 1.29 is 14.6 Å². The summed E-state index contributed by atoms with van der Waals surface area (Å²) in [7, 11) is 1.90. The molecule has 4 heterocycles. The Morgan fingerprint density at radius 1 is 0.973 bits per heavy atom. The second-order valence-corrected chi connectivity index (χ2v) is 9.42. The number of benzene rings is 1. The van der Waals surface area contributed by atoms with Gasteiger partial charge in [0, 0.05) is 62.0 Å². The van der Waals surface area contributed by atoms with E-state index in [1.54, 1.807) is 6.20 Å². The first-order valence-corrected chi connectivity index (χ1v) is 12.8. The Hall–Kier alpha value is -3.18. The number of nitrogens with zero attached hydrogens (tertiary/aromatic N) is 6.